The summed E-state index contributed by atoms with van der Waals surface area (Å²) in [6, 6.07) is 10.4. The van der Waals surface area contributed by atoms with Gasteiger partial charge in [-0.1, -0.05) is 12.1 Å². The van der Waals surface area contributed by atoms with Crippen molar-refractivity contribution in [3.8, 4) is 17.1 Å². The summed E-state index contributed by atoms with van der Waals surface area (Å²) >= 11 is 0. The van der Waals surface area contributed by atoms with Crippen molar-refractivity contribution in [3.05, 3.63) is 60.2 Å². The van der Waals surface area contributed by atoms with Crippen LogP contribution in [0.3, 0.4) is 0 Å². The fourth-order valence-electron chi connectivity index (χ4n) is 5.26. The molecule has 2 aliphatic rings. The molecule has 1 amide bonds. The van der Waals surface area contributed by atoms with Crippen LogP contribution in [0.1, 0.15) is 29.4 Å². The van der Waals surface area contributed by atoms with E-state index in [1.807, 2.05) is 17.0 Å². The number of hydrogen-bond donors (Lipinski definition) is 1. The number of hydrogen-bond acceptors (Lipinski definition) is 10. The van der Waals surface area contributed by atoms with E-state index in [9.17, 15) is 4.79 Å². The SMILES string of the molecule is [2H]C([2H])([2H])CN(Cc1ccc(OC)cc1)c1ncc(-c2nc3c(F)cc(N4CCOCC4)cn3n2)c2cc(NC(=O)C3CC3)nnc12. The first-order chi connectivity index (χ1) is 22.6. The molecule has 226 valence electrons. The second-order valence-corrected chi connectivity index (χ2v) is 10.8. The maximum Gasteiger partial charge on any atom is 0.228 e. The first kappa shape index (κ1) is 24.5. The number of methoxy groups -OCH3 is 1. The Morgan fingerprint density at radius 1 is 1.20 bits per heavy atom. The third-order valence-electron chi connectivity index (χ3n) is 7.83. The topological polar surface area (TPSA) is 123 Å². The van der Waals surface area contributed by atoms with Gasteiger partial charge in [-0.3, -0.25) is 4.79 Å². The average molecular weight is 601 g/mol. The van der Waals surface area contributed by atoms with Crippen LogP contribution in [-0.4, -0.2) is 75.6 Å². The van der Waals surface area contributed by atoms with Gasteiger partial charge in [-0.25, -0.2) is 18.9 Å². The van der Waals surface area contributed by atoms with Crippen LogP contribution >= 0.6 is 0 Å². The molecule has 0 unspecified atom stereocenters. The molecule has 13 heteroatoms. The molecule has 1 aliphatic carbocycles. The highest BCUT2D eigenvalue weighted by atomic mass is 19.1. The minimum absolute atomic E-state index is 0.0297. The highest BCUT2D eigenvalue weighted by Gasteiger charge is 2.30. The Morgan fingerprint density at radius 2 is 2.02 bits per heavy atom. The summed E-state index contributed by atoms with van der Waals surface area (Å²) in [5.74, 6) is 0.579. The number of nitrogens with zero attached hydrogens (tertiary/aromatic N) is 8. The predicted molar refractivity (Wildman–Crippen MR) is 163 cm³/mol. The van der Waals surface area contributed by atoms with Gasteiger partial charge in [0.1, 0.15) is 11.3 Å². The van der Waals surface area contributed by atoms with Crippen LogP contribution in [0, 0.1) is 11.7 Å². The van der Waals surface area contributed by atoms with Crippen LogP contribution in [0.2, 0.25) is 0 Å². The summed E-state index contributed by atoms with van der Waals surface area (Å²) in [7, 11) is 1.57. The summed E-state index contributed by atoms with van der Waals surface area (Å²) in [6.45, 7) is -0.115. The van der Waals surface area contributed by atoms with E-state index in [2.05, 4.69) is 30.6 Å². The third-order valence-corrected chi connectivity index (χ3v) is 7.83. The summed E-state index contributed by atoms with van der Waals surface area (Å²) in [6.07, 6.45) is 4.86. The average Bonchev–Trinajstić information content (AvgIpc) is 3.83. The summed E-state index contributed by atoms with van der Waals surface area (Å²) < 4.78 is 51.6. The lowest BCUT2D eigenvalue weighted by molar-refractivity contribution is -0.117. The second-order valence-electron chi connectivity index (χ2n) is 10.8. The van der Waals surface area contributed by atoms with Crippen LogP contribution in [0.25, 0.3) is 27.9 Å². The molecule has 12 nitrogen and oxygen atoms in total. The molecule has 1 aliphatic heterocycles. The van der Waals surface area contributed by atoms with E-state index in [4.69, 9.17) is 13.6 Å². The number of pyridine rings is 2. The van der Waals surface area contributed by atoms with Crippen molar-refractivity contribution in [2.45, 2.75) is 26.2 Å². The van der Waals surface area contributed by atoms with Crippen LogP contribution in [0.15, 0.2) is 48.8 Å². The van der Waals surface area contributed by atoms with Crippen molar-refractivity contribution in [1.82, 2.24) is 29.8 Å². The highest BCUT2D eigenvalue weighted by Crippen LogP contribution is 2.34. The number of benzene rings is 1. The molecular weight excluding hydrogens is 565 g/mol. The minimum Gasteiger partial charge on any atom is -0.497 e. The van der Waals surface area contributed by atoms with Crippen molar-refractivity contribution >= 4 is 39.8 Å². The number of aromatic nitrogens is 6. The molecular formula is C31H32FN9O3. The summed E-state index contributed by atoms with van der Waals surface area (Å²) in [4.78, 5) is 25.4. The van der Waals surface area contributed by atoms with Crippen LogP contribution in [-0.2, 0) is 16.1 Å². The van der Waals surface area contributed by atoms with Gasteiger partial charge in [0, 0.05) is 59.4 Å². The molecule has 4 aromatic heterocycles. The normalized spacial score (nSPS) is 16.4. The van der Waals surface area contributed by atoms with Crippen molar-refractivity contribution in [3.63, 3.8) is 0 Å². The van der Waals surface area contributed by atoms with E-state index in [1.54, 1.807) is 36.4 Å². The van der Waals surface area contributed by atoms with Gasteiger partial charge in [0.2, 0.25) is 5.91 Å². The number of morpholine rings is 1. The van der Waals surface area contributed by atoms with E-state index in [1.165, 1.54) is 16.8 Å². The van der Waals surface area contributed by atoms with Gasteiger partial charge < -0.3 is 24.6 Å². The van der Waals surface area contributed by atoms with E-state index < -0.39 is 12.7 Å². The molecule has 1 saturated heterocycles. The smallest absolute Gasteiger partial charge is 0.228 e. The number of rotatable bonds is 9. The second kappa shape index (κ2) is 11.6. The highest BCUT2D eigenvalue weighted by molar-refractivity contribution is 6.01. The Morgan fingerprint density at radius 3 is 2.77 bits per heavy atom. The van der Waals surface area contributed by atoms with Gasteiger partial charge >= 0.3 is 0 Å². The Labute approximate surface area is 257 Å². The molecule has 1 N–H and O–H groups in total. The maximum absolute atomic E-state index is 15.4. The first-order valence-corrected chi connectivity index (χ1v) is 14.4. The number of amides is 1. The Bertz CT molecular complexity index is 1940. The zero-order valence-electron chi connectivity index (χ0n) is 27.0. The fourth-order valence-corrected chi connectivity index (χ4v) is 5.26. The number of halogens is 1. The molecule has 0 spiro atoms. The van der Waals surface area contributed by atoms with Gasteiger partial charge in [-0.2, -0.15) is 0 Å². The van der Waals surface area contributed by atoms with Gasteiger partial charge in [-0.15, -0.1) is 15.3 Å². The molecule has 0 radical (unpaired) electrons. The fraction of sp³-hybridized carbons (Fsp3) is 0.355. The number of carbonyl (C=O) groups is 1. The standard InChI is InChI=1S/C31H32FN9O3/c1-3-39(17-19-4-8-22(43-2)9-5-19)30-27-23(15-26(36-37-27)34-31(42)20-6-7-20)24(16-33-30)28-35-29-25(32)14-21(18-41(29)38-28)40-10-12-44-13-11-40/h4-5,8-9,14-16,18,20H,3,6-7,10-13,17H2,1-2H3,(H,34,36,42)/i1D3. The predicted octanol–water partition coefficient (Wildman–Crippen LogP) is 4.09. The van der Waals surface area contributed by atoms with Crippen LogP contribution < -0.4 is 19.9 Å². The lowest BCUT2D eigenvalue weighted by atomic mass is 10.1. The Hall–Kier alpha value is -4.91. The van der Waals surface area contributed by atoms with Gasteiger partial charge in [-0.05, 0) is 43.5 Å². The molecule has 0 bridgehead atoms. The minimum atomic E-state index is -2.33. The molecule has 1 saturated carbocycles. The van der Waals surface area contributed by atoms with E-state index in [-0.39, 0.29) is 53.5 Å². The van der Waals surface area contributed by atoms with Crippen LogP contribution in [0.4, 0.5) is 21.7 Å². The first-order valence-electron chi connectivity index (χ1n) is 15.9. The van der Waals surface area contributed by atoms with Crippen molar-refractivity contribution < 1.29 is 22.8 Å². The number of anilines is 3. The quantitative estimate of drug-likeness (QED) is 0.265. The molecule has 5 aromatic rings. The molecule has 44 heavy (non-hydrogen) atoms. The maximum atomic E-state index is 15.4. The van der Waals surface area contributed by atoms with E-state index in [0.717, 1.165) is 18.4 Å². The van der Waals surface area contributed by atoms with Gasteiger partial charge in [0.05, 0.1) is 32.2 Å². The summed E-state index contributed by atoms with van der Waals surface area (Å²) in [5.41, 5.74) is 2.20. The monoisotopic (exact) mass is 600 g/mol. The number of carbonyl (C=O) groups excluding carboxylic acids is 1. The third kappa shape index (κ3) is 5.46. The van der Waals surface area contributed by atoms with E-state index in [0.29, 0.717) is 48.7 Å². The molecule has 1 aromatic carbocycles. The lowest BCUT2D eigenvalue weighted by Crippen LogP contribution is -2.36. The van der Waals surface area contributed by atoms with Gasteiger partial charge in [0.15, 0.2) is 28.9 Å². The Kier molecular flexibility index (Phi) is 6.49. The Balaban J connectivity index is 1.33. The zero-order chi connectivity index (χ0) is 32.7. The number of fused-ring (bicyclic) bond motifs is 2. The van der Waals surface area contributed by atoms with Crippen LogP contribution in [0.5, 0.6) is 5.75 Å². The molecule has 5 heterocycles. The largest absolute Gasteiger partial charge is 0.497 e. The number of ether oxygens (including phenoxy) is 2. The van der Waals surface area contributed by atoms with E-state index >= 15 is 4.39 Å². The van der Waals surface area contributed by atoms with Crippen molar-refractivity contribution in [2.24, 2.45) is 5.92 Å². The lowest BCUT2D eigenvalue weighted by Gasteiger charge is -2.28. The molecule has 7 rings (SSSR count). The summed E-state index contributed by atoms with van der Waals surface area (Å²) in [5, 5.41) is 16.6. The van der Waals surface area contributed by atoms with Gasteiger partial charge in [0.25, 0.3) is 0 Å². The van der Waals surface area contributed by atoms with Crippen molar-refractivity contribution in [1.29, 1.82) is 0 Å². The zero-order valence-corrected chi connectivity index (χ0v) is 24.0. The van der Waals surface area contributed by atoms with Crippen molar-refractivity contribution in [2.75, 3.05) is 55.1 Å². The number of nitrogens with one attached hydrogen (secondary N) is 1. The molecule has 2 fully saturated rings. The molecule has 0 atom stereocenters.